The lowest BCUT2D eigenvalue weighted by Crippen LogP contribution is -2.31. The van der Waals surface area contributed by atoms with E-state index in [0.29, 0.717) is 5.56 Å². The van der Waals surface area contributed by atoms with Crippen molar-refractivity contribution in [2.24, 2.45) is 0 Å². The highest BCUT2D eigenvalue weighted by Gasteiger charge is 2.21. The van der Waals surface area contributed by atoms with Crippen molar-refractivity contribution >= 4 is 27.4 Å². The van der Waals surface area contributed by atoms with Gasteiger partial charge in [-0.1, -0.05) is 18.2 Å². The molecule has 4 nitrogen and oxygen atoms in total. The van der Waals surface area contributed by atoms with Gasteiger partial charge in [0.2, 0.25) is 0 Å². The second kappa shape index (κ2) is 6.93. The molecule has 0 bridgehead atoms. The van der Waals surface area contributed by atoms with Crippen LogP contribution in [0.2, 0.25) is 0 Å². The van der Waals surface area contributed by atoms with Crippen molar-refractivity contribution in [3.8, 4) is 0 Å². The molecule has 0 aliphatic carbocycles. The number of hydrogen-bond donors (Lipinski definition) is 2. The van der Waals surface area contributed by atoms with Crippen molar-refractivity contribution in [2.75, 3.05) is 19.7 Å². The van der Waals surface area contributed by atoms with Crippen molar-refractivity contribution in [2.45, 2.75) is 13.0 Å². The number of fused-ring (bicyclic) bond motifs is 1. The van der Waals surface area contributed by atoms with Gasteiger partial charge in [-0.2, -0.15) is 0 Å². The van der Waals surface area contributed by atoms with Crippen LogP contribution >= 0.6 is 11.3 Å². The summed E-state index contributed by atoms with van der Waals surface area (Å²) in [5.74, 6) is -1.06. The van der Waals surface area contributed by atoms with Gasteiger partial charge in [0.25, 0.3) is 6.43 Å². The average molecular weight is 315 g/mol. The monoisotopic (exact) mass is 315 g/mol. The van der Waals surface area contributed by atoms with E-state index in [2.05, 4.69) is 0 Å². The van der Waals surface area contributed by atoms with Crippen molar-refractivity contribution in [1.29, 1.82) is 0 Å². The molecule has 1 aromatic heterocycles. The zero-order valence-corrected chi connectivity index (χ0v) is 11.9. The Labute approximate surface area is 124 Å². The second-order valence-electron chi connectivity index (χ2n) is 4.56. The second-order valence-corrected chi connectivity index (χ2v) is 5.61. The number of thiophene rings is 1. The van der Waals surface area contributed by atoms with Crippen LogP contribution in [0.3, 0.4) is 0 Å². The fourth-order valence-electron chi connectivity index (χ4n) is 2.22. The standard InChI is InChI=1S/C14H15F2NO3S/c15-12(16)8-17(5-6-18)7-10-9-3-1-2-4-11(9)21-13(10)14(19)20/h1-4,12,18H,5-8H2,(H,19,20). The fraction of sp³-hybridized carbons (Fsp3) is 0.357. The number of halogens is 2. The minimum atomic E-state index is -2.53. The third-order valence-corrected chi connectivity index (χ3v) is 4.29. The van der Waals surface area contributed by atoms with Crippen LogP contribution in [0.25, 0.3) is 10.1 Å². The summed E-state index contributed by atoms with van der Waals surface area (Å²) in [6.45, 7) is -0.592. The van der Waals surface area contributed by atoms with Gasteiger partial charge in [0.1, 0.15) is 4.88 Å². The molecule has 0 aliphatic heterocycles. The van der Waals surface area contributed by atoms with Crippen molar-refractivity contribution in [3.63, 3.8) is 0 Å². The number of hydrogen-bond acceptors (Lipinski definition) is 4. The van der Waals surface area contributed by atoms with Crippen LogP contribution < -0.4 is 0 Å². The smallest absolute Gasteiger partial charge is 0.346 e. The van der Waals surface area contributed by atoms with E-state index in [4.69, 9.17) is 5.11 Å². The number of nitrogens with zero attached hydrogens (tertiary/aromatic N) is 1. The maximum atomic E-state index is 12.6. The first-order chi connectivity index (χ1) is 10.0. The first kappa shape index (κ1) is 15.8. The highest BCUT2D eigenvalue weighted by molar-refractivity contribution is 7.21. The third kappa shape index (κ3) is 3.75. The molecule has 114 valence electrons. The van der Waals surface area contributed by atoms with Gasteiger partial charge in [-0.15, -0.1) is 11.3 Å². The summed E-state index contributed by atoms with van der Waals surface area (Å²) in [7, 11) is 0. The molecule has 1 heterocycles. The highest BCUT2D eigenvalue weighted by Crippen LogP contribution is 2.32. The first-order valence-electron chi connectivity index (χ1n) is 6.38. The Morgan fingerprint density at radius 3 is 2.67 bits per heavy atom. The van der Waals surface area contributed by atoms with Gasteiger partial charge < -0.3 is 10.2 Å². The number of aliphatic hydroxyl groups is 1. The van der Waals surface area contributed by atoms with Crippen LogP contribution in [0.5, 0.6) is 0 Å². The largest absolute Gasteiger partial charge is 0.477 e. The topological polar surface area (TPSA) is 60.8 Å². The molecule has 0 spiro atoms. The van der Waals surface area contributed by atoms with E-state index in [1.165, 1.54) is 4.90 Å². The maximum Gasteiger partial charge on any atom is 0.346 e. The van der Waals surface area contributed by atoms with Gasteiger partial charge in [0, 0.05) is 17.8 Å². The molecule has 2 rings (SSSR count). The zero-order chi connectivity index (χ0) is 15.4. The van der Waals surface area contributed by atoms with Gasteiger partial charge in [-0.3, -0.25) is 4.90 Å². The van der Waals surface area contributed by atoms with E-state index >= 15 is 0 Å². The van der Waals surface area contributed by atoms with Crippen LogP contribution in [0.4, 0.5) is 8.78 Å². The third-order valence-electron chi connectivity index (χ3n) is 3.09. The molecule has 7 heteroatoms. The summed E-state index contributed by atoms with van der Waals surface area (Å²) in [5.41, 5.74) is 0.525. The maximum absolute atomic E-state index is 12.6. The summed E-state index contributed by atoms with van der Waals surface area (Å²) < 4.78 is 26.0. The predicted octanol–water partition coefficient (Wildman–Crippen LogP) is 2.66. The number of aromatic carboxylic acids is 1. The molecule has 1 aromatic carbocycles. The summed E-state index contributed by atoms with van der Waals surface area (Å²) in [5, 5.41) is 19.0. The van der Waals surface area contributed by atoms with Crippen LogP contribution in [-0.2, 0) is 6.54 Å². The fourth-order valence-corrected chi connectivity index (χ4v) is 3.28. The van der Waals surface area contributed by atoms with Gasteiger partial charge in [0.05, 0.1) is 13.2 Å². The number of carboxylic acids is 1. The molecular formula is C14H15F2NO3S. The normalized spacial score (nSPS) is 11.7. The van der Waals surface area contributed by atoms with Gasteiger partial charge >= 0.3 is 5.97 Å². The molecule has 2 aromatic rings. The number of alkyl halides is 2. The minimum absolute atomic E-state index is 0.0770. The van der Waals surface area contributed by atoms with Gasteiger partial charge in [-0.25, -0.2) is 13.6 Å². The molecule has 2 N–H and O–H groups in total. The van der Waals surface area contributed by atoms with Gasteiger partial charge in [0.15, 0.2) is 0 Å². The number of rotatable bonds is 7. The number of aliphatic hydroxyl groups excluding tert-OH is 1. The Morgan fingerprint density at radius 2 is 2.05 bits per heavy atom. The van der Waals surface area contributed by atoms with Crippen LogP contribution in [0, 0.1) is 0 Å². The predicted molar refractivity (Wildman–Crippen MR) is 77.2 cm³/mol. The molecule has 0 amide bonds. The van der Waals surface area contributed by atoms with E-state index in [1.54, 1.807) is 24.3 Å². The quantitative estimate of drug-likeness (QED) is 0.824. The first-order valence-corrected chi connectivity index (χ1v) is 7.19. The molecule has 0 saturated carbocycles. The lowest BCUT2D eigenvalue weighted by molar-refractivity contribution is 0.0691. The van der Waals surface area contributed by atoms with Crippen molar-refractivity contribution in [3.05, 3.63) is 34.7 Å². The summed E-state index contributed by atoms with van der Waals surface area (Å²) >= 11 is 1.13. The van der Waals surface area contributed by atoms with E-state index in [9.17, 15) is 18.7 Å². The molecule has 0 unspecified atom stereocenters. The Kier molecular flexibility index (Phi) is 5.22. The van der Waals surface area contributed by atoms with Crippen molar-refractivity contribution in [1.82, 2.24) is 4.90 Å². The average Bonchev–Trinajstić information content (AvgIpc) is 2.78. The van der Waals surface area contributed by atoms with Crippen LogP contribution in [0.15, 0.2) is 24.3 Å². The Balaban J connectivity index is 2.38. The Bertz CT molecular complexity index is 630. The van der Waals surface area contributed by atoms with E-state index in [0.717, 1.165) is 21.4 Å². The van der Waals surface area contributed by atoms with E-state index in [-0.39, 0.29) is 24.6 Å². The molecular weight excluding hydrogens is 300 g/mol. The molecule has 0 atom stereocenters. The molecule has 0 aliphatic rings. The number of carbonyl (C=O) groups is 1. The van der Waals surface area contributed by atoms with Crippen LogP contribution in [0.1, 0.15) is 15.2 Å². The summed E-state index contributed by atoms with van der Waals surface area (Å²) in [4.78, 5) is 12.9. The lowest BCUT2D eigenvalue weighted by atomic mass is 10.1. The lowest BCUT2D eigenvalue weighted by Gasteiger charge is -2.21. The Hall–Kier alpha value is -1.57. The number of carboxylic acid groups (broad SMARTS) is 1. The molecule has 0 fully saturated rings. The zero-order valence-electron chi connectivity index (χ0n) is 11.1. The van der Waals surface area contributed by atoms with E-state index < -0.39 is 18.9 Å². The van der Waals surface area contributed by atoms with Crippen LogP contribution in [-0.4, -0.2) is 47.2 Å². The molecule has 0 saturated heterocycles. The molecule has 0 radical (unpaired) electrons. The van der Waals surface area contributed by atoms with Crippen molar-refractivity contribution < 1.29 is 23.8 Å². The summed E-state index contributed by atoms with van der Waals surface area (Å²) in [6, 6.07) is 7.18. The Morgan fingerprint density at radius 1 is 1.33 bits per heavy atom. The van der Waals surface area contributed by atoms with E-state index in [1.807, 2.05) is 0 Å². The SMILES string of the molecule is O=C(O)c1sc2ccccc2c1CN(CCO)CC(F)F. The summed E-state index contributed by atoms with van der Waals surface area (Å²) in [6.07, 6.45) is -2.53. The minimum Gasteiger partial charge on any atom is -0.477 e. The highest BCUT2D eigenvalue weighted by atomic mass is 32.1. The molecule has 21 heavy (non-hydrogen) atoms. The van der Waals surface area contributed by atoms with Gasteiger partial charge in [-0.05, 0) is 17.0 Å². The number of benzene rings is 1.